The van der Waals surface area contributed by atoms with E-state index in [0.717, 1.165) is 11.3 Å². The van der Waals surface area contributed by atoms with E-state index in [1.165, 1.54) is 0 Å². The summed E-state index contributed by atoms with van der Waals surface area (Å²) in [5.74, 6) is 2.64. The summed E-state index contributed by atoms with van der Waals surface area (Å²) in [4.78, 5) is 0. The molecule has 0 unspecified atom stereocenters. The quantitative estimate of drug-likeness (QED) is 0.603. The van der Waals surface area contributed by atoms with Gasteiger partial charge in [0, 0.05) is 13.1 Å². The summed E-state index contributed by atoms with van der Waals surface area (Å²) in [6.07, 6.45) is -0.582. The molecule has 0 aromatic heterocycles. The third-order valence-corrected chi connectivity index (χ3v) is 3.96. The minimum atomic E-state index is -0.582. The molecule has 0 saturated heterocycles. The van der Waals surface area contributed by atoms with Gasteiger partial charge < -0.3 is 24.6 Å². The number of methoxy groups -OCH3 is 1. The summed E-state index contributed by atoms with van der Waals surface area (Å²) in [6, 6.07) is 15.5. The molecular formula is C21H29NO4. The average molecular weight is 359 g/mol. The number of ether oxygens (including phenoxy) is 3. The van der Waals surface area contributed by atoms with Gasteiger partial charge in [-0.2, -0.15) is 0 Å². The molecule has 26 heavy (non-hydrogen) atoms. The molecule has 0 aliphatic rings. The van der Waals surface area contributed by atoms with Crippen molar-refractivity contribution < 1.29 is 19.3 Å². The second-order valence-electron chi connectivity index (χ2n) is 6.36. The molecule has 142 valence electrons. The van der Waals surface area contributed by atoms with E-state index < -0.39 is 6.10 Å². The molecule has 2 rings (SSSR count). The predicted octanol–water partition coefficient (Wildman–Crippen LogP) is 3.23. The minimum absolute atomic E-state index is 0.254. The smallest absolute Gasteiger partial charge is 0.161 e. The molecule has 0 fully saturated rings. The number of nitrogens with one attached hydrogen (secondary N) is 1. The summed E-state index contributed by atoms with van der Waals surface area (Å²) >= 11 is 0. The summed E-state index contributed by atoms with van der Waals surface area (Å²) in [7, 11) is 1.62. The van der Waals surface area contributed by atoms with Crippen LogP contribution in [0.1, 0.15) is 25.3 Å². The molecule has 2 aromatic carbocycles. The van der Waals surface area contributed by atoms with Gasteiger partial charge >= 0.3 is 0 Å². The van der Waals surface area contributed by atoms with E-state index in [1.807, 2.05) is 42.5 Å². The summed E-state index contributed by atoms with van der Waals surface area (Å²) in [5.41, 5.74) is 1.15. The van der Waals surface area contributed by atoms with Crippen LogP contribution in [0.2, 0.25) is 0 Å². The molecular weight excluding hydrogens is 330 g/mol. The zero-order chi connectivity index (χ0) is 18.8. The van der Waals surface area contributed by atoms with Gasteiger partial charge in [-0.05, 0) is 29.7 Å². The molecule has 2 aromatic rings. The van der Waals surface area contributed by atoms with E-state index in [1.54, 1.807) is 7.11 Å². The van der Waals surface area contributed by atoms with E-state index in [-0.39, 0.29) is 6.61 Å². The van der Waals surface area contributed by atoms with Crippen molar-refractivity contribution >= 4 is 0 Å². The Morgan fingerprint density at radius 2 is 1.58 bits per heavy atom. The van der Waals surface area contributed by atoms with Gasteiger partial charge in [0.15, 0.2) is 11.5 Å². The van der Waals surface area contributed by atoms with E-state index >= 15 is 0 Å². The van der Waals surface area contributed by atoms with Gasteiger partial charge in [0.05, 0.1) is 7.11 Å². The van der Waals surface area contributed by atoms with Crippen molar-refractivity contribution in [2.45, 2.75) is 25.9 Å². The first kappa shape index (κ1) is 20.1. The second-order valence-corrected chi connectivity index (χ2v) is 6.36. The normalized spacial score (nSPS) is 12.0. The van der Waals surface area contributed by atoms with Crippen LogP contribution in [0.25, 0.3) is 0 Å². The zero-order valence-electron chi connectivity index (χ0n) is 15.8. The number of benzene rings is 2. The Labute approximate surface area is 155 Å². The maximum atomic E-state index is 10.1. The van der Waals surface area contributed by atoms with Crippen molar-refractivity contribution in [3.8, 4) is 17.2 Å². The van der Waals surface area contributed by atoms with Crippen molar-refractivity contribution in [3.05, 3.63) is 54.1 Å². The fourth-order valence-corrected chi connectivity index (χ4v) is 2.57. The van der Waals surface area contributed by atoms with Crippen molar-refractivity contribution in [3.63, 3.8) is 0 Å². The van der Waals surface area contributed by atoms with Gasteiger partial charge in [0.2, 0.25) is 0 Å². The van der Waals surface area contributed by atoms with Crippen LogP contribution < -0.4 is 19.5 Å². The molecule has 5 heteroatoms. The van der Waals surface area contributed by atoms with Crippen molar-refractivity contribution in [1.29, 1.82) is 0 Å². The Morgan fingerprint density at radius 1 is 0.923 bits per heavy atom. The number of aliphatic hydroxyl groups excluding tert-OH is 1. The second kappa shape index (κ2) is 10.7. The lowest BCUT2D eigenvalue weighted by atomic mass is 10.0. The number of rotatable bonds is 11. The monoisotopic (exact) mass is 359 g/mol. The van der Waals surface area contributed by atoms with Gasteiger partial charge in [-0.15, -0.1) is 0 Å². The van der Waals surface area contributed by atoms with Crippen LogP contribution in [-0.4, -0.2) is 44.6 Å². The van der Waals surface area contributed by atoms with Crippen LogP contribution in [-0.2, 0) is 0 Å². The number of para-hydroxylation sites is 3. The first-order valence-corrected chi connectivity index (χ1v) is 8.98. The molecule has 0 radical (unpaired) electrons. The summed E-state index contributed by atoms with van der Waals surface area (Å²) < 4.78 is 16.7. The van der Waals surface area contributed by atoms with Crippen LogP contribution in [0.15, 0.2) is 48.5 Å². The first-order chi connectivity index (χ1) is 12.6. The molecule has 0 spiro atoms. The molecule has 0 aliphatic heterocycles. The highest BCUT2D eigenvalue weighted by Crippen LogP contribution is 2.26. The molecule has 0 saturated carbocycles. The topological polar surface area (TPSA) is 60.0 Å². The van der Waals surface area contributed by atoms with Crippen LogP contribution >= 0.6 is 0 Å². The van der Waals surface area contributed by atoms with Gasteiger partial charge in [0.1, 0.15) is 25.1 Å². The Kier molecular flexibility index (Phi) is 8.25. The van der Waals surface area contributed by atoms with E-state index in [0.29, 0.717) is 37.1 Å². The van der Waals surface area contributed by atoms with Gasteiger partial charge in [-0.1, -0.05) is 44.2 Å². The van der Waals surface area contributed by atoms with E-state index in [4.69, 9.17) is 14.2 Å². The molecule has 1 atom stereocenters. The molecule has 2 N–H and O–H groups in total. The lowest BCUT2D eigenvalue weighted by Crippen LogP contribution is -2.33. The summed E-state index contributed by atoms with van der Waals surface area (Å²) in [6.45, 7) is 6.06. The van der Waals surface area contributed by atoms with Crippen molar-refractivity contribution in [2.24, 2.45) is 0 Å². The zero-order valence-corrected chi connectivity index (χ0v) is 15.8. The Balaban J connectivity index is 1.66. The fraction of sp³-hybridized carbons (Fsp3) is 0.429. The molecule has 0 amide bonds. The van der Waals surface area contributed by atoms with Gasteiger partial charge in [-0.3, -0.25) is 0 Å². The first-order valence-electron chi connectivity index (χ1n) is 8.98. The Bertz CT molecular complexity index is 660. The van der Waals surface area contributed by atoms with Crippen LogP contribution in [0, 0.1) is 0 Å². The van der Waals surface area contributed by atoms with Gasteiger partial charge in [-0.25, -0.2) is 0 Å². The molecule has 0 aliphatic carbocycles. The third kappa shape index (κ3) is 6.24. The Morgan fingerprint density at radius 3 is 2.27 bits per heavy atom. The van der Waals surface area contributed by atoms with Crippen LogP contribution in [0.5, 0.6) is 17.2 Å². The number of aliphatic hydroxyl groups is 1. The Hall–Kier alpha value is -2.24. The minimum Gasteiger partial charge on any atom is -0.493 e. The maximum absolute atomic E-state index is 10.1. The molecule has 5 nitrogen and oxygen atoms in total. The maximum Gasteiger partial charge on any atom is 0.161 e. The highest BCUT2D eigenvalue weighted by molar-refractivity contribution is 5.39. The van der Waals surface area contributed by atoms with Crippen LogP contribution in [0.3, 0.4) is 0 Å². The fourth-order valence-electron chi connectivity index (χ4n) is 2.57. The highest BCUT2D eigenvalue weighted by atomic mass is 16.5. The highest BCUT2D eigenvalue weighted by Gasteiger charge is 2.10. The van der Waals surface area contributed by atoms with Crippen molar-refractivity contribution in [2.75, 3.05) is 33.4 Å². The molecule has 0 heterocycles. The largest absolute Gasteiger partial charge is 0.493 e. The van der Waals surface area contributed by atoms with E-state index in [9.17, 15) is 5.11 Å². The number of hydrogen-bond donors (Lipinski definition) is 2. The standard InChI is InChI=1S/C21H29NO4/c1-16(2)18-8-4-5-9-19(18)26-15-17(23)14-22-12-13-25-21-11-7-6-10-20(21)24-3/h4-11,16-17,22-23H,12-15H2,1-3H3/t17-/m0/s1. The van der Waals surface area contributed by atoms with Crippen LogP contribution in [0.4, 0.5) is 0 Å². The van der Waals surface area contributed by atoms with E-state index in [2.05, 4.69) is 25.2 Å². The third-order valence-electron chi connectivity index (χ3n) is 3.96. The lowest BCUT2D eigenvalue weighted by molar-refractivity contribution is 0.105. The van der Waals surface area contributed by atoms with Gasteiger partial charge in [0.25, 0.3) is 0 Å². The lowest BCUT2D eigenvalue weighted by Gasteiger charge is -2.17. The average Bonchev–Trinajstić information content (AvgIpc) is 2.66. The predicted molar refractivity (Wildman–Crippen MR) is 103 cm³/mol. The van der Waals surface area contributed by atoms with Crippen molar-refractivity contribution in [1.82, 2.24) is 5.32 Å². The summed E-state index contributed by atoms with van der Waals surface area (Å²) in [5, 5.41) is 13.3. The SMILES string of the molecule is COc1ccccc1OCCNC[C@H](O)COc1ccccc1C(C)C. The number of hydrogen-bond acceptors (Lipinski definition) is 5. The molecule has 0 bridgehead atoms.